The topological polar surface area (TPSA) is 29.5 Å². The molecule has 1 fully saturated rings. The van der Waals surface area contributed by atoms with Crippen LogP contribution < -0.4 is 0 Å². The van der Waals surface area contributed by atoms with E-state index in [1.807, 2.05) is 0 Å². The molecule has 0 bridgehead atoms. The van der Waals surface area contributed by atoms with Crippen LogP contribution in [0.4, 0.5) is 0 Å². The smallest absolute Gasteiger partial charge is 0.0823 e. The van der Waals surface area contributed by atoms with Crippen molar-refractivity contribution < 1.29 is 9.84 Å². The van der Waals surface area contributed by atoms with Crippen molar-refractivity contribution in [3.05, 3.63) is 0 Å². The fourth-order valence-corrected chi connectivity index (χ4v) is 1.69. The van der Waals surface area contributed by atoms with Gasteiger partial charge < -0.3 is 9.84 Å². The van der Waals surface area contributed by atoms with Crippen molar-refractivity contribution in [3.63, 3.8) is 0 Å². The summed E-state index contributed by atoms with van der Waals surface area (Å²) in [5.74, 6) is 0.998. The number of aliphatic hydroxyl groups is 1. The van der Waals surface area contributed by atoms with Gasteiger partial charge in [0.2, 0.25) is 0 Å². The summed E-state index contributed by atoms with van der Waals surface area (Å²) in [7, 11) is 0. The van der Waals surface area contributed by atoms with Gasteiger partial charge in [0.05, 0.1) is 19.3 Å². The highest BCUT2D eigenvalue weighted by Crippen LogP contribution is 2.36. The SMILES string of the molecule is CC(C)C(C)(C)CC1COCC1O. The summed E-state index contributed by atoms with van der Waals surface area (Å²) in [5.41, 5.74) is 0.305. The average molecular weight is 186 g/mol. The molecular weight excluding hydrogens is 164 g/mol. The third-order valence-corrected chi connectivity index (χ3v) is 3.52. The zero-order valence-electron chi connectivity index (χ0n) is 9.21. The first-order valence-electron chi connectivity index (χ1n) is 5.19. The quantitative estimate of drug-likeness (QED) is 0.731. The predicted molar refractivity (Wildman–Crippen MR) is 53.6 cm³/mol. The van der Waals surface area contributed by atoms with Crippen LogP contribution in [0.3, 0.4) is 0 Å². The molecule has 2 nitrogen and oxygen atoms in total. The molecular formula is C11H22O2. The minimum absolute atomic E-state index is 0.238. The molecule has 0 aromatic carbocycles. The molecule has 1 rings (SSSR count). The monoisotopic (exact) mass is 186 g/mol. The van der Waals surface area contributed by atoms with Gasteiger partial charge >= 0.3 is 0 Å². The maximum atomic E-state index is 9.61. The zero-order valence-corrected chi connectivity index (χ0v) is 9.21. The normalized spacial score (nSPS) is 30.0. The molecule has 2 atom stereocenters. The summed E-state index contributed by atoms with van der Waals surface area (Å²) >= 11 is 0. The van der Waals surface area contributed by atoms with Crippen LogP contribution in [0, 0.1) is 17.3 Å². The third-order valence-electron chi connectivity index (χ3n) is 3.52. The molecule has 0 aromatic heterocycles. The van der Waals surface area contributed by atoms with Gasteiger partial charge in [-0.25, -0.2) is 0 Å². The van der Waals surface area contributed by atoms with Crippen molar-refractivity contribution in [2.75, 3.05) is 13.2 Å². The minimum Gasteiger partial charge on any atom is -0.390 e. The van der Waals surface area contributed by atoms with Gasteiger partial charge in [0.1, 0.15) is 0 Å². The van der Waals surface area contributed by atoms with E-state index in [1.54, 1.807) is 0 Å². The summed E-state index contributed by atoms with van der Waals surface area (Å²) in [6.45, 7) is 10.3. The number of aliphatic hydroxyl groups excluding tert-OH is 1. The molecule has 78 valence electrons. The van der Waals surface area contributed by atoms with E-state index in [4.69, 9.17) is 4.74 Å². The van der Waals surface area contributed by atoms with Gasteiger partial charge in [-0.3, -0.25) is 0 Å². The van der Waals surface area contributed by atoms with Crippen LogP contribution in [0.2, 0.25) is 0 Å². The van der Waals surface area contributed by atoms with Gasteiger partial charge in [-0.15, -0.1) is 0 Å². The maximum absolute atomic E-state index is 9.61. The predicted octanol–water partition coefficient (Wildman–Crippen LogP) is 2.07. The number of rotatable bonds is 3. The summed E-state index contributed by atoms with van der Waals surface area (Å²) in [5, 5.41) is 9.61. The number of hydrogen-bond donors (Lipinski definition) is 1. The first-order valence-corrected chi connectivity index (χ1v) is 5.19. The van der Waals surface area contributed by atoms with E-state index in [1.165, 1.54) is 0 Å². The summed E-state index contributed by atoms with van der Waals surface area (Å²) in [6, 6.07) is 0. The van der Waals surface area contributed by atoms with Gasteiger partial charge in [0.15, 0.2) is 0 Å². The Morgan fingerprint density at radius 3 is 2.38 bits per heavy atom. The molecule has 1 heterocycles. The van der Waals surface area contributed by atoms with E-state index in [0.717, 1.165) is 13.0 Å². The van der Waals surface area contributed by atoms with Crippen molar-refractivity contribution in [2.24, 2.45) is 17.3 Å². The standard InChI is InChI=1S/C11H22O2/c1-8(2)11(3,4)5-9-6-13-7-10(9)12/h8-10,12H,5-7H2,1-4H3. The van der Waals surface area contributed by atoms with Gasteiger partial charge in [0.25, 0.3) is 0 Å². The minimum atomic E-state index is -0.238. The largest absolute Gasteiger partial charge is 0.390 e. The van der Waals surface area contributed by atoms with Crippen LogP contribution in [0.1, 0.15) is 34.1 Å². The average Bonchev–Trinajstić information content (AvgIpc) is 2.35. The lowest BCUT2D eigenvalue weighted by Gasteiger charge is -2.32. The second-order valence-corrected chi connectivity index (χ2v) is 5.21. The van der Waals surface area contributed by atoms with E-state index in [-0.39, 0.29) is 6.10 Å². The lowest BCUT2D eigenvalue weighted by Crippen LogP contribution is -2.28. The lowest BCUT2D eigenvalue weighted by molar-refractivity contribution is 0.0947. The van der Waals surface area contributed by atoms with Crippen LogP contribution in [-0.4, -0.2) is 24.4 Å². The Bertz CT molecular complexity index is 163. The molecule has 1 N–H and O–H groups in total. The molecule has 0 saturated carbocycles. The Morgan fingerprint density at radius 1 is 1.38 bits per heavy atom. The maximum Gasteiger partial charge on any atom is 0.0823 e. The van der Waals surface area contributed by atoms with E-state index >= 15 is 0 Å². The molecule has 2 heteroatoms. The molecule has 2 unspecified atom stereocenters. The Labute approximate surface area is 81.3 Å². The molecule has 0 aliphatic carbocycles. The van der Waals surface area contributed by atoms with Crippen LogP contribution in [0.25, 0.3) is 0 Å². The summed E-state index contributed by atoms with van der Waals surface area (Å²) in [4.78, 5) is 0. The van der Waals surface area contributed by atoms with Gasteiger partial charge in [-0.05, 0) is 17.8 Å². The second kappa shape index (κ2) is 3.97. The van der Waals surface area contributed by atoms with Crippen molar-refractivity contribution in [3.8, 4) is 0 Å². The van der Waals surface area contributed by atoms with Gasteiger partial charge in [0, 0.05) is 5.92 Å². The Hall–Kier alpha value is -0.0800. The highest BCUT2D eigenvalue weighted by atomic mass is 16.5. The van der Waals surface area contributed by atoms with Crippen LogP contribution >= 0.6 is 0 Å². The molecule has 1 aliphatic rings. The van der Waals surface area contributed by atoms with E-state index < -0.39 is 0 Å². The number of ether oxygens (including phenoxy) is 1. The molecule has 0 aromatic rings. The lowest BCUT2D eigenvalue weighted by atomic mass is 9.74. The fourth-order valence-electron chi connectivity index (χ4n) is 1.69. The highest BCUT2D eigenvalue weighted by Gasteiger charge is 2.33. The van der Waals surface area contributed by atoms with E-state index in [0.29, 0.717) is 23.9 Å². The molecule has 1 saturated heterocycles. The first-order chi connectivity index (χ1) is 5.93. The van der Waals surface area contributed by atoms with Crippen LogP contribution in [0.15, 0.2) is 0 Å². The molecule has 0 amide bonds. The molecule has 13 heavy (non-hydrogen) atoms. The van der Waals surface area contributed by atoms with Crippen LogP contribution in [0.5, 0.6) is 0 Å². The third kappa shape index (κ3) is 2.68. The summed E-state index contributed by atoms with van der Waals surface area (Å²) < 4.78 is 5.24. The van der Waals surface area contributed by atoms with Gasteiger partial charge in [-0.1, -0.05) is 27.7 Å². The molecule has 0 radical (unpaired) electrons. The Morgan fingerprint density at radius 2 is 2.00 bits per heavy atom. The van der Waals surface area contributed by atoms with Crippen molar-refractivity contribution in [1.29, 1.82) is 0 Å². The van der Waals surface area contributed by atoms with Crippen molar-refractivity contribution >= 4 is 0 Å². The van der Waals surface area contributed by atoms with Crippen molar-refractivity contribution in [2.45, 2.75) is 40.2 Å². The first kappa shape index (κ1) is 11.0. The zero-order chi connectivity index (χ0) is 10.1. The van der Waals surface area contributed by atoms with E-state index in [2.05, 4.69) is 27.7 Å². The highest BCUT2D eigenvalue weighted by molar-refractivity contribution is 4.82. The van der Waals surface area contributed by atoms with E-state index in [9.17, 15) is 5.11 Å². The van der Waals surface area contributed by atoms with Crippen LogP contribution in [-0.2, 0) is 4.74 Å². The van der Waals surface area contributed by atoms with Gasteiger partial charge in [-0.2, -0.15) is 0 Å². The fraction of sp³-hybridized carbons (Fsp3) is 1.00. The summed E-state index contributed by atoms with van der Waals surface area (Å²) in [6.07, 6.45) is 0.823. The molecule has 0 spiro atoms. The van der Waals surface area contributed by atoms with Crippen molar-refractivity contribution in [1.82, 2.24) is 0 Å². The molecule has 1 aliphatic heterocycles. The second-order valence-electron chi connectivity index (χ2n) is 5.21. The Balaban J connectivity index is 2.47. The number of hydrogen-bond acceptors (Lipinski definition) is 2. The Kier molecular flexibility index (Phi) is 3.36.